The minimum absolute atomic E-state index is 0.301. The molecule has 1 unspecified atom stereocenters. The molecule has 92 valence electrons. The first kappa shape index (κ1) is 12.2. The van der Waals surface area contributed by atoms with Crippen LogP contribution in [-0.4, -0.2) is 12.0 Å². The summed E-state index contributed by atoms with van der Waals surface area (Å²) in [5, 5.41) is 3.09. The van der Waals surface area contributed by atoms with Gasteiger partial charge in [-0.05, 0) is 31.2 Å². The molecule has 0 saturated carbocycles. The number of ether oxygens (including phenoxy) is 1. The van der Waals surface area contributed by atoms with Gasteiger partial charge in [0.05, 0.1) is 0 Å². The first-order valence-corrected chi connectivity index (χ1v) is 5.84. The summed E-state index contributed by atoms with van der Waals surface area (Å²) in [6.07, 6.45) is 0. The van der Waals surface area contributed by atoms with Gasteiger partial charge in [0.2, 0.25) is 0 Å². The maximum atomic E-state index is 11.8. The minimum atomic E-state index is -0.396. The van der Waals surface area contributed by atoms with E-state index in [2.05, 4.69) is 5.32 Å². The molecule has 2 rings (SSSR count). The SMILES string of the molecule is CC(Nc1ccccc1)C(=O)Oc1ccccc1. The van der Waals surface area contributed by atoms with Gasteiger partial charge in [-0.3, -0.25) is 0 Å². The normalized spacial score (nSPS) is 11.6. The molecule has 1 atom stereocenters. The summed E-state index contributed by atoms with van der Waals surface area (Å²) in [6.45, 7) is 1.78. The van der Waals surface area contributed by atoms with Crippen LogP contribution < -0.4 is 10.1 Å². The molecule has 0 radical (unpaired) electrons. The van der Waals surface area contributed by atoms with Crippen LogP contribution in [0, 0.1) is 0 Å². The Bertz CT molecular complexity index is 496. The van der Waals surface area contributed by atoms with Crippen molar-refractivity contribution in [2.24, 2.45) is 0 Å². The van der Waals surface area contributed by atoms with Crippen molar-refractivity contribution in [1.29, 1.82) is 0 Å². The third-order valence-electron chi connectivity index (χ3n) is 2.47. The lowest BCUT2D eigenvalue weighted by Crippen LogP contribution is -2.30. The highest BCUT2D eigenvalue weighted by atomic mass is 16.5. The van der Waals surface area contributed by atoms with Crippen LogP contribution in [0.15, 0.2) is 60.7 Å². The number of anilines is 1. The second-order valence-electron chi connectivity index (χ2n) is 3.97. The Morgan fingerprint density at radius 2 is 1.56 bits per heavy atom. The van der Waals surface area contributed by atoms with Crippen molar-refractivity contribution >= 4 is 11.7 Å². The number of esters is 1. The van der Waals surface area contributed by atoms with Crippen LogP contribution >= 0.6 is 0 Å². The molecule has 18 heavy (non-hydrogen) atoms. The summed E-state index contributed by atoms with van der Waals surface area (Å²) in [6, 6.07) is 18.2. The van der Waals surface area contributed by atoms with Gasteiger partial charge in [0.25, 0.3) is 0 Å². The summed E-state index contributed by atoms with van der Waals surface area (Å²) < 4.78 is 5.25. The fourth-order valence-electron chi connectivity index (χ4n) is 1.54. The number of carbonyl (C=O) groups is 1. The van der Waals surface area contributed by atoms with E-state index in [1.807, 2.05) is 48.5 Å². The van der Waals surface area contributed by atoms with Gasteiger partial charge < -0.3 is 10.1 Å². The van der Waals surface area contributed by atoms with E-state index in [0.717, 1.165) is 5.69 Å². The molecule has 2 aromatic rings. The first-order chi connectivity index (χ1) is 8.75. The maximum absolute atomic E-state index is 11.8. The Hall–Kier alpha value is -2.29. The lowest BCUT2D eigenvalue weighted by molar-refractivity contribution is -0.134. The van der Waals surface area contributed by atoms with Crippen LogP contribution in [0.5, 0.6) is 5.75 Å². The van der Waals surface area contributed by atoms with Gasteiger partial charge in [-0.15, -0.1) is 0 Å². The summed E-state index contributed by atoms with van der Waals surface area (Å²) in [5.74, 6) is 0.259. The molecular formula is C15H15NO2. The van der Waals surface area contributed by atoms with E-state index >= 15 is 0 Å². The highest BCUT2D eigenvalue weighted by Gasteiger charge is 2.14. The molecule has 0 aliphatic heterocycles. The smallest absolute Gasteiger partial charge is 0.333 e. The molecule has 0 amide bonds. The van der Waals surface area contributed by atoms with Gasteiger partial charge in [-0.2, -0.15) is 0 Å². The molecule has 3 heteroatoms. The average molecular weight is 241 g/mol. The highest BCUT2D eigenvalue weighted by molar-refractivity contribution is 5.80. The van der Waals surface area contributed by atoms with E-state index in [4.69, 9.17) is 4.74 Å². The van der Waals surface area contributed by atoms with E-state index in [0.29, 0.717) is 5.75 Å². The molecule has 3 nitrogen and oxygen atoms in total. The zero-order chi connectivity index (χ0) is 12.8. The quantitative estimate of drug-likeness (QED) is 0.660. The molecular weight excluding hydrogens is 226 g/mol. The van der Waals surface area contributed by atoms with Gasteiger partial charge in [0.1, 0.15) is 11.8 Å². The second kappa shape index (κ2) is 5.87. The Morgan fingerprint density at radius 1 is 1.00 bits per heavy atom. The standard InChI is InChI=1S/C15H15NO2/c1-12(16-13-8-4-2-5-9-13)15(17)18-14-10-6-3-7-11-14/h2-12,16H,1H3. The van der Waals surface area contributed by atoms with Gasteiger partial charge in [0.15, 0.2) is 0 Å². The van der Waals surface area contributed by atoms with Gasteiger partial charge >= 0.3 is 5.97 Å². The topological polar surface area (TPSA) is 38.3 Å². The average Bonchev–Trinajstić information content (AvgIpc) is 2.41. The summed E-state index contributed by atoms with van der Waals surface area (Å²) >= 11 is 0. The molecule has 1 N–H and O–H groups in total. The number of benzene rings is 2. The zero-order valence-corrected chi connectivity index (χ0v) is 10.2. The number of carbonyl (C=O) groups excluding carboxylic acids is 1. The van der Waals surface area contributed by atoms with E-state index in [1.54, 1.807) is 19.1 Å². The Labute approximate surface area is 106 Å². The lowest BCUT2D eigenvalue weighted by Gasteiger charge is -2.14. The second-order valence-corrected chi connectivity index (χ2v) is 3.97. The van der Waals surface area contributed by atoms with Crippen LogP contribution in [0.1, 0.15) is 6.92 Å². The van der Waals surface area contributed by atoms with Crippen molar-refractivity contribution < 1.29 is 9.53 Å². The molecule has 0 heterocycles. The number of hydrogen-bond donors (Lipinski definition) is 1. The fraction of sp³-hybridized carbons (Fsp3) is 0.133. The summed E-state index contributed by atoms with van der Waals surface area (Å²) in [7, 11) is 0. The van der Waals surface area contributed by atoms with Crippen molar-refractivity contribution in [2.75, 3.05) is 5.32 Å². The molecule has 0 saturated heterocycles. The molecule has 0 bridgehead atoms. The minimum Gasteiger partial charge on any atom is -0.425 e. The van der Waals surface area contributed by atoms with Crippen molar-refractivity contribution in [3.8, 4) is 5.75 Å². The van der Waals surface area contributed by atoms with Gasteiger partial charge in [0, 0.05) is 5.69 Å². The predicted octanol–water partition coefficient (Wildman–Crippen LogP) is 3.09. The van der Waals surface area contributed by atoms with Gasteiger partial charge in [-0.25, -0.2) is 4.79 Å². The van der Waals surface area contributed by atoms with E-state index in [-0.39, 0.29) is 5.97 Å². The molecule has 0 spiro atoms. The summed E-state index contributed by atoms with van der Waals surface area (Å²) in [4.78, 5) is 11.8. The zero-order valence-electron chi connectivity index (χ0n) is 10.2. The third-order valence-corrected chi connectivity index (χ3v) is 2.47. The molecule has 0 fully saturated rings. The molecule has 2 aromatic carbocycles. The van der Waals surface area contributed by atoms with Crippen molar-refractivity contribution in [2.45, 2.75) is 13.0 Å². The van der Waals surface area contributed by atoms with Crippen molar-refractivity contribution in [1.82, 2.24) is 0 Å². The van der Waals surface area contributed by atoms with E-state index in [1.165, 1.54) is 0 Å². The monoisotopic (exact) mass is 241 g/mol. The van der Waals surface area contributed by atoms with Gasteiger partial charge in [-0.1, -0.05) is 36.4 Å². The number of para-hydroxylation sites is 2. The molecule has 0 aliphatic carbocycles. The maximum Gasteiger partial charge on any atom is 0.333 e. The third kappa shape index (κ3) is 3.35. The molecule has 0 aromatic heterocycles. The van der Waals surface area contributed by atoms with Crippen LogP contribution in [0.3, 0.4) is 0 Å². The Kier molecular flexibility index (Phi) is 3.97. The Balaban J connectivity index is 1.93. The fourth-order valence-corrected chi connectivity index (χ4v) is 1.54. The van der Waals surface area contributed by atoms with Crippen LogP contribution in [0.4, 0.5) is 5.69 Å². The van der Waals surface area contributed by atoms with Crippen LogP contribution in [-0.2, 0) is 4.79 Å². The highest BCUT2D eigenvalue weighted by Crippen LogP contribution is 2.11. The van der Waals surface area contributed by atoms with Crippen molar-refractivity contribution in [3.63, 3.8) is 0 Å². The molecule has 0 aliphatic rings. The van der Waals surface area contributed by atoms with Crippen molar-refractivity contribution in [3.05, 3.63) is 60.7 Å². The largest absolute Gasteiger partial charge is 0.425 e. The van der Waals surface area contributed by atoms with E-state index in [9.17, 15) is 4.79 Å². The number of hydrogen-bond acceptors (Lipinski definition) is 3. The summed E-state index contributed by atoms with van der Waals surface area (Å²) in [5.41, 5.74) is 0.898. The Morgan fingerprint density at radius 3 is 2.17 bits per heavy atom. The van der Waals surface area contributed by atoms with E-state index < -0.39 is 6.04 Å². The van der Waals surface area contributed by atoms with Crippen LogP contribution in [0.25, 0.3) is 0 Å². The lowest BCUT2D eigenvalue weighted by atomic mass is 10.2. The first-order valence-electron chi connectivity index (χ1n) is 5.84. The van der Waals surface area contributed by atoms with Crippen LogP contribution in [0.2, 0.25) is 0 Å². The number of rotatable bonds is 4. The predicted molar refractivity (Wildman–Crippen MR) is 71.6 cm³/mol. The number of nitrogens with one attached hydrogen (secondary N) is 1.